The highest BCUT2D eigenvalue weighted by Crippen LogP contribution is 2.10. The van der Waals surface area contributed by atoms with Gasteiger partial charge in [0.1, 0.15) is 0 Å². The fraction of sp³-hybridized carbons (Fsp3) is 0.400. The molecule has 0 aliphatic rings. The van der Waals surface area contributed by atoms with Gasteiger partial charge in [0.05, 0.1) is 16.3 Å². The number of benzene rings is 1. The second-order valence-corrected chi connectivity index (χ2v) is 6.51. The lowest BCUT2D eigenvalue weighted by Gasteiger charge is -2.09. The standard InChI is InChI=1S/C10H14BrNO3S/c1-8-2-4-10(5-3-8)16(14,15)12-6-9(11)7-13/h2-5,9,12-13H,6-7H2,1H3. The third-order valence-electron chi connectivity index (χ3n) is 2.02. The second-order valence-electron chi connectivity index (χ2n) is 3.44. The quantitative estimate of drug-likeness (QED) is 0.799. The molecule has 1 rings (SSSR count). The molecule has 0 bridgehead atoms. The molecule has 6 heteroatoms. The van der Waals surface area contributed by atoms with Gasteiger partial charge in [-0.15, -0.1) is 0 Å². The number of hydrogen-bond acceptors (Lipinski definition) is 3. The molecule has 1 aromatic rings. The molecule has 1 aromatic carbocycles. The average molecular weight is 308 g/mol. The molecule has 0 heterocycles. The third-order valence-corrected chi connectivity index (χ3v) is 4.08. The Morgan fingerprint density at radius 2 is 1.94 bits per heavy atom. The zero-order valence-electron chi connectivity index (χ0n) is 8.85. The van der Waals surface area contributed by atoms with Crippen molar-refractivity contribution in [2.75, 3.05) is 13.2 Å². The fourth-order valence-corrected chi connectivity index (χ4v) is 2.52. The van der Waals surface area contributed by atoms with E-state index >= 15 is 0 Å². The van der Waals surface area contributed by atoms with Crippen molar-refractivity contribution in [3.8, 4) is 0 Å². The number of alkyl halides is 1. The van der Waals surface area contributed by atoms with Gasteiger partial charge in [0.15, 0.2) is 0 Å². The van der Waals surface area contributed by atoms with E-state index in [2.05, 4.69) is 20.7 Å². The van der Waals surface area contributed by atoms with Crippen molar-refractivity contribution < 1.29 is 13.5 Å². The summed E-state index contributed by atoms with van der Waals surface area (Å²) in [5.41, 5.74) is 1.01. The summed E-state index contributed by atoms with van der Waals surface area (Å²) < 4.78 is 25.9. The smallest absolute Gasteiger partial charge is 0.240 e. The molecule has 0 radical (unpaired) electrons. The van der Waals surface area contributed by atoms with Crippen LogP contribution in [-0.4, -0.2) is 31.5 Å². The Hall–Kier alpha value is -0.430. The van der Waals surface area contributed by atoms with Crippen LogP contribution in [-0.2, 0) is 10.0 Å². The summed E-state index contributed by atoms with van der Waals surface area (Å²) >= 11 is 3.14. The van der Waals surface area contributed by atoms with Crippen LogP contribution in [0.2, 0.25) is 0 Å². The highest BCUT2D eigenvalue weighted by Gasteiger charge is 2.14. The molecule has 0 aromatic heterocycles. The number of aliphatic hydroxyl groups is 1. The molecular formula is C10H14BrNO3S. The molecule has 0 saturated carbocycles. The topological polar surface area (TPSA) is 66.4 Å². The van der Waals surface area contributed by atoms with E-state index < -0.39 is 10.0 Å². The molecular weight excluding hydrogens is 294 g/mol. The number of hydrogen-bond donors (Lipinski definition) is 2. The van der Waals surface area contributed by atoms with E-state index in [9.17, 15) is 8.42 Å². The van der Waals surface area contributed by atoms with E-state index in [1.807, 2.05) is 6.92 Å². The second kappa shape index (κ2) is 5.77. The van der Waals surface area contributed by atoms with Crippen molar-refractivity contribution in [2.45, 2.75) is 16.6 Å². The lowest BCUT2D eigenvalue weighted by molar-refractivity contribution is 0.297. The van der Waals surface area contributed by atoms with E-state index in [0.29, 0.717) is 0 Å². The van der Waals surface area contributed by atoms with E-state index in [1.54, 1.807) is 24.3 Å². The Balaban J connectivity index is 2.74. The van der Waals surface area contributed by atoms with E-state index in [4.69, 9.17) is 5.11 Å². The zero-order chi connectivity index (χ0) is 12.2. The first-order valence-electron chi connectivity index (χ1n) is 4.77. The summed E-state index contributed by atoms with van der Waals surface area (Å²) in [6, 6.07) is 6.60. The van der Waals surface area contributed by atoms with Crippen LogP contribution in [0.15, 0.2) is 29.2 Å². The van der Waals surface area contributed by atoms with E-state index in [1.165, 1.54) is 0 Å². The molecule has 0 aliphatic carbocycles. The largest absolute Gasteiger partial charge is 0.395 e. The summed E-state index contributed by atoms with van der Waals surface area (Å²) in [4.78, 5) is -0.0385. The van der Waals surface area contributed by atoms with Crippen LogP contribution in [0, 0.1) is 6.92 Å². The van der Waals surface area contributed by atoms with Crippen LogP contribution in [0.1, 0.15) is 5.56 Å². The summed E-state index contributed by atoms with van der Waals surface area (Å²) in [7, 11) is -3.47. The molecule has 4 nitrogen and oxygen atoms in total. The van der Waals surface area contributed by atoms with Gasteiger partial charge in [-0.1, -0.05) is 33.6 Å². The molecule has 0 fully saturated rings. The maximum atomic E-state index is 11.8. The Morgan fingerprint density at radius 1 is 1.38 bits per heavy atom. The maximum Gasteiger partial charge on any atom is 0.240 e. The van der Waals surface area contributed by atoms with Crippen LogP contribution in [0.3, 0.4) is 0 Å². The molecule has 0 aliphatic heterocycles. The molecule has 0 spiro atoms. The minimum absolute atomic E-state index is 0.115. The van der Waals surface area contributed by atoms with Gasteiger partial charge in [-0.05, 0) is 19.1 Å². The highest BCUT2D eigenvalue weighted by molar-refractivity contribution is 9.09. The monoisotopic (exact) mass is 307 g/mol. The van der Waals surface area contributed by atoms with Gasteiger partial charge in [-0.25, -0.2) is 13.1 Å². The van der Waals surface area contributed by atoms with Gasteiger partial charge in [0, 0.05) is 6.54 Å². The van der Waals surface area contributed by atoms with E-state index in [0.717, 1.165) is 5.56 Å². The third kappa shape index (κ3) is 3.86. The van der Waals surface area contributed by atoms with Crippen LogP contribution in [0.4, 0.5) is 0 Å². The lowest BCUT2D eigenvalue weighted by Crippen LogP contribution is -2.31. The predicted octanol–water partition coefficient (Wildman–Crippen LogP) is 1.03. The molecule has 0 saturated heterocycles. The first-order chi connectivity index (χ1) is 7.45. The Labute approximate surface area is 104 Å². The predicted molar refractivity (Wildman–Crippen MR) is 66.2 cm³/mol. The van der Waals surface area contributed by atoms with Crippen molar-refractivity contribution in [1.82, 2.24) is 4.72 Å². The maximum absolute atomic E-state index is 11.8. The zero-order valence-corrected chi connectivity index (χ0v) is 11.3. The van der Waals surface area contributed by atoms with Crippen molar-refractivity contribution in [2.24, 2.45) is 0 Å². The highest BCUT2D eigenvalue weighted by atomic mass is 79.9. The molecule has 16 heavy (non-hydrogen) atoms. The van der Waals surface area contributed by atoms with Crippen molar-refractivity contribution in [3.63, 3.8) is 0 Å². The summed E-state index contributed by atoms with van der Waals surface area (Å²) in [6.07, 6.45) is 0. The first kappa shape index (κ1) is 13.6. The van der Waals surface area contributed by atoms with Crippen LogP contribution in [0.5, 0.6) is 0 Å². The fourth-order valence-electron chi connectivity index (χ4n) is 1.07. The van der Waals surface area contributed by atoms with Crippen molar-refractivity contribution in [3.05, 3.63) is 29.8 Å². The number of rotatable bonds is 5. The number of halogens is 1. The van der Waals surface area contributed by atoms with Crippen molar-refractivity contribution >= 4 is 26.0 Å². The SMILES string of the molecule is Cc1ccc(S(=O)(=O)NCC(Br)CO)cc1. The lowest BCUT2D eigenvalue weighted by atomic mass is 10.2. The van der Waals surface area contributed by atoms with Crippen LogP contribution < -0.4 is 4.72 Å². The minimum atomic E-state index is -3.47. The van der Waals surface area contributed by atoms with Gasteiger partial charge < -0.3 is 5.11 Å². The summed E-state index contributed by atoms with van der Waals surface area (Å²) in [5.74, 6) is 0. The van der Waals surface area contributed by atoms with Gasteiger partial charge in [0.2, 0.25) is 10.0 Å². The Kier molecular flexibility index (Phi) is 4.91. The van der Waals surface area contributed by atoms with Gasteiger partial charge in [-0.3, -0.25) is 0 Å². The average Bonchev–Trinajstić information content (AvgIpc) is 2.26. The first-order valence-corrected chi connectivity index (χ1v) is 7.17. The van der Waals surface area contributed by atoms with Crippen LogP contribution in [0.25, 0.3) is 0 Å². The summed E-state index contributed by atoms with van der Waals surface area (Å²) in [6.45, 7) is 1.94. The molecule has 1 atom stereocenters. The number of aryl methyl sites for hydroxylation is 1. The normalized spacial score (nSPS) is 13.7. The van der Waals surface area contributed by atoms with Gasteiger partial charge in [0.25, 0.3) is 0 Å². The van der Waals surface area contributed by atoms with E-state index in [-0.39, 0.29) is 22.9 Å². The molecule has 2 N–H and O–H groups in total. The van der Waals surface area contributed by atoms with Crippen LogP contribution >= 0.6 is 15.9 Å². The minimum Gasteiger partial charge on any atom is -0.395 e. The van der Waals surface area contributed by atoms with Gasteiger partial charge in [-0.2, -0.15) is 0 Å². The van der Waals surface area contributed by atoms with Gasteiger partial charge >= 0.3 is 0 Å². The number of aliphatic hydroxyl groups excluding tert-OH is 1. The summed E-state index contributed by atoms with van der Waals surface area (Å²) in [5, 5.41) is 8.76. The molecule has 1 unspecified atom stereocenters. The molecule has 0 amide bonds. The number of sulfonamides is 1. The molecule has 90 valence electrons. The van der Waals surface area contributed by atoms with Crippen molar-refractivity contribution in [1.29, 1.82) is 0 Å². The number of nitrogens with one attached hydrogen (secondary N) is 1. The Bertz CT molecular complexity index is 430. The Morgan fingerprint density at radius 3 is 2.44 bits per heavy atom.